The molecule has 2 N–H and O–H groups in total. The Bertz CT molecular complexity index is 419. The quantitative estimate of drug-likeness (QED) is 0.792. The molecule has 1 atom stereocenters. The summed E-state index contributed by atoms with van der Waals surface area (Å²) in [5, 5.41) is 4.68. The molecule has 0 unspecified atom stereocenters. The van der Waals surface area contributed by atoms with Crippen molar-refractivity contribution in [1.29, 1.82) is 0 Å². The van der Waals surface area contributed by atoms with E-state index >= 15 is 0 Å². The van der Waals surface area contributed by atoms with Crippen molar-refractivity contribution < 1.29 is 8.42 Å². The Morgan fingerprint density at radius 1 is 1.57 bits per heavy atom. The molecular weight excluding hydrogens is 224 g/mol. The highest BCUT2D eigenvalue weighted by Gasteiger charge is 2.16. The normalized spacial score (nSPS) is 13.9. The number of nitrogens with zero attached hydrogens (tertiary/aromatic N) is 1. The predicted molar refractivity (Wildman–Crippen MR) is 55.5 cm³/mol. The zero-order chi connectivity index (χ0) is 10.8. The molecule has 0 aromatic carbocycles. The van der Waals surface area contributed by atoms with Crippen LogP contribution < -0.4 is 5.14 Å². The first-order valence-corrected chi connectivity index (χ1v) is 6.01. The molecule has 0 spiro atoms. The molecule has 1 aromatic rings. The summed E-state index contributed by atoms with van der Waals surface area (Å²) in [5.41, 5.74) is 0.624. The second kappa shape index (κ2) is 4.25. The molecular formula is C8H11ClN2O2S. The molecule has 1 aromatic heterocycles. The highest BCUT2D eigenvalue weighted by molar-refractivity contribution is 7.89. The zero-order valence-electron chi connectivity index (χ0n) is 7.64. The van der Waals surface area contributed by atoms with Gasteiger partial charge in [0.1, 0.15) is 5.15 Å². The molecule has 78 valence electrons. The Kier molecular flexibility index (Phi) is 3.47. The van der Waals surface area contributed by atoms with Crippen molar-refractivity contribution in [3.8, 4) is 0 Å². The van der Waals surface area contributed by atoms with E-state index in [4.69, 9.17) is 16.7 Å². The van der Waals surface area contributed by atoms with Crippen LogP contribution in [0.5, 0.6) is 0 Å². The summed E-state index contributed by atoms with van der Waals surface area (Å²) >= 11 is 5.65. The predicted octanol–water partition coefficient (Wildman–Crippen LogP) is 0.954. The molecule has 0 radical (unpaired) electrons. The fourth-order valence-corrected chi connectivity index (χ4v) is 1.56. The third-order valence-corrected chi connectivity index (χ3v) is 3.33. The Labute approximate surface area is 88.1 Å². The summed E-state index contributed by atoms with van der Waals surface area (Å²) in [5.74, 6) is 0. The van der Waals surface area contributed by atoms with E-state index in [1.807, 2.05) is 0 Å². The summed E-state index contributed by atoms with van der Waals surface area (Å²) in [7, 11) is -3.50. The molecule has 0 saturated heterocycles. The number of hydrogen-bond acceptors (Lipinski definition) is 3. The van der Waals surface area contributed by atoms with Gasteiger partial charge in [-0.15, -0.1) is 0 Å². The van der Waals surface area contributed by atoms with Gasteiger partial charge in [0.05, 0.1) is 5.25 Å². The van der Waals surface area contributed by atoms with Gasteiger partial charge in [0.25, 0.3) is 0 Å². The van der Waals surface area contributed by atoms with Crippen LogP contribution in [0, 0.1) is 0 Å². The molecule has 0 fully saturated rings. The molecule has 0 bridgehead atoms. The molecule has 0 amide bonds. The molecule has 1 heterocycles. The van der Waals surface area contributed by atoms with Gasteiger partial charge in [0, 0.05) is 12.1 Å². The van der Waals surface area contributed by atoms with E-state index in [-0.39, 0.29) is 6.42 Å². The molecule has 0 aliphatic rings. The SMILES string of the molecule is C[C@H](Cc1cccc(Cl)n1)S(N)(=O)=O. The van der Waals surface area contributed by atoms with E-state index in [2.05, 4.69) is 4.98 Å². The Morgan fingerprint density at radius 2 is 2.21 bits per heavy atom. The van der Waals surface area contributed by atoms with Gasteiger partial charge in [-0.2, -0.15) is 0 Å². The van der Waals surface area contributed by atoms with E-state index in [1.165, 1.54) is 6.92 Å². The Balaban J connectivity index is 2.80. The molecule has 4 nitrogen and oxygen atoms in total. The van der Waals surface area contributed by atoms with Crippen molar-refractivity contribution in [2.75, 3.05) is 0 Å². The number of nitrogens with two attached hydrogens (primary N) is 1. The van der Waals surface area contributed by atoms with Crippen LogP contribution in [0.3, 0.4) is 0 Å². The second-order valence-corrected chi connectivity index (χ2v) is 5.43. The van der Waals surface area contributed by atoms with Crippen LogP contribution in [-0.4, -0.2) is 18.7 Å². The van der Waals surface area contributed by atoms with Gasteiger partial charge in [0.15, 0.2) is 0 Å². The Hall–Kier alpha value is -0.650. The lowest BCUT2D eigenvalue weighted by molar-refractivity contribution is 0.583. The number of hydrogen-bond donors (Lipinski definition) is 1. The number of aromatic nitrogens is 1. The van der Waals surface area contributed by atoms with Crippen LogP contribution in [-0.2, 0) is 16.4 Å². The van der Waals surface area contributed by atoms with Gasteiger partial charge in [-0.1, -0.05) is 17.7 Å². The molecule has 0 saturated carbocycles. The average Bonchev–Trinajstić information content (AvgIpc) is 2.02. The summed E-state index contributed by atoms with van der Waals surface area (Å²) in [6.45, 7) is 1.54. The van der Waals surface area contributed by atoms with Crippen molar-refractivity contribution in [2.24, 2.45) is 5.14 Å². The average molecular weight is 235 g/mol. The fourth-order valence-electron chi connectivity index (χ4n) is 0.975. The highest BCUT2D eigenvalue weighted by Crippen LogP contribution is 2.09. The number of rotatable bonds is 3. The lowest BCUT2D eigenvalue weighted by Crippen LogP contribution is -2.27. The minimum atomic E-state index is -3.50. The number of pyridine rings is 1. The van der Waals surface area contributed by atoms with Gasteiger partial charge in [-0.25, -0.2) is 18.5 Å². The largest absolute Gasteiger partial charge is 0.241 e. The van der Waals surface area contributed by atoms with Crippen LogP contribution in [0.25, 0.3) is 0 Å². The second-order valence-electron chi connectivity index (χ2n) is 3.06. The third-order valence-electron chi connectivity index (χ3n) is 1.83. The Morgan fingerprint density at radius 3 is 2.71 bits per heavy atom. The summed E-state index contributed by atoms with van der Waals surface area (Å²) < 4.78 is 21.9. The monoisotopic (exact) mass is 234 g/mol. The van der Waals surface area contributed by atoms with Crippen LogP contribution in [0.4, 0.5) is 0 Å². The van der Waals surface area contributed by atoms with E-state index < -0.39 is 15.3 Å². The maximum absolute atomic E-state index is 10.9. The maximum Gasteiger partial charge on any atom is 0.212 e. The summed E-state index contributed by atoms with van der Waals surface area (Å²) in [6.07, 6.45) is 0.277. The van der Waals surface area contributed by atoms with Crippen LogP contribution >= 0.6 is 11.6 Å². The smallest absolute Gasteiger partial charge is 0.212 e. The van der Waals surface area contributed by atoms with E-state index in [9.17, 15) is 8.42 Å². The zero-order valence-corrected chi connectivity index (χ0v) is 9.22. The lowest BCUT2D eigenvalue weighted by Gasteiger charge is -2.07. The standard InChI is InChI=1S/C8H11ClN2O2S/c1-6(14(10,12)13)5-7-3-2-4-8(9)11-7/h2-4,6H,5H2,1H3,(H2,10,12,13)/t6-/m1/s1. The molecule has 6 heteroatoms. The van der Waals surface area contributed by atoms with Crippen molar-refractivity contribution in [2.45, 2.75) is 18.6 Å². The maximum atomic E-state index is 10.9. The van der Waals surface area contributed by atoms with E-state index in [0.29, 0.717) is 10.8 Å². The molecule has 1 rings (SSSR count). The molecule has 0 aliphatic carbocycles. The molecule has 14 heavy (non-hydrogen) atoms. The van der Waals surface area contributed by atoms with Crippen molar-refractivity contribution in [3.63, 3.8) is 0 Å². The van der Waals surface area contributed by atoms with Crippen LogP contribution in [0.2, 0.25) is 5.15 Å². The summed E-state index contributed by atoms with van der Waals surface area (Å²) in [6, 6.07) is 5.07. The van der Waals surface area contributed by atoms with Crippen LogP contribution in [0.1, 0.15) is 12.6 Å². The topological polar surface area (TPSA) is 73.0 Å². The van der Waals surface area contributed by atoms with Crippen molar-refractivity contribution in [3.05, 3.63) is 29.0 Å². The minimum absolute atomic E-state index is 0.277. The van der Waals surface area contributed by atoms with E-state index in [1.54, 1.807) is 18.2 Å². The minimum Gasteiger partial charge on any atom is -0.241 e. The number of halogens is 1. The lowest BCUT2D eigenvalue weighted by atomic mass is 10.2. The van der Waals surface area contributed by atoms with Gasteiger partial charge in [0.2, 0.25) is 10.0 Å². The van der Waals surface area contributed by atoms with Crippen molar-refractivity contribution >= 4 is 21.6 Å². The number of primary sulfonamides is 1. The van der Waals surface area contributed by atoms with Gasteiger partial charge < -0.3 is 0 Å². The van der Waals surface area contributed by atoms with Gasteiger partial charge in [-0.3, -0.25) is 0 Å². The molecule has 0 aliphatic heterocycles. The van der Waals surface area contributed by atoms with Gasteiger partial charge >= 0.3 is 0 Å². The van der Waals surface area contributed by atoms with Gasteiger partial charge in [-0.05, 0) is 19.1 Å². The first-order chi connectivity index (χ1) is 6.39. The summed E-state index contributed by atoms with van der Waals surface area (Å²) in [4.78, 5) is 3.97. The third kappa shape index (κ3) is 3.25. The first kappa shape index (κ1) is 11.4. The van der Waals surface area contributed by atoms with Crippen molar-refractivity contribution in [1.82, 2.24) is 4.98 Å². The number of sulfonamides is 1. The first-order valence-electron chi connectivity index (χ1n) is 4.02. The fraction of sp³-hybridized carbons (Fsp3) is 0.375. The highest BCUT2D eigenvalue weighted by atomic mass is 35.5. The van der Waals surface area contributed by atoms with Crippen LogP contribution in [0.15, 0.2) is 18.2 Å². The van der Waals surface area contributed by atoms with E-state index in [0.717, 1.165) is 0 Å².